The van der Waals surface area contributed by atoms with Crippen LogP contribution in [0, 0.1) is 0 Å². The van der Waals surface area contributed by atoms with Gasteiger partial charge in [0, 0.05) is 37.6 Å². The third kappa shape index (κ3) is 4.32. The van der Waals surface area contributed by atoms with Crippen molar-refractivity contribution >= 4 is 11.8 Å². The molecule has 2 heterocycles. The monoisotopic (exact) mass is 374 g/mol. The first-order chi connectivity index (χ1) is 12.7. The van der Waals surface area contributed by atoms with Gasteiger partial charge in [-0.15, -0.1) is 10.2 Å². The number of benzene rings is 1. The molecule has 0 N–H and O–H groups in total. The summed E-state index contributed by atoms with van der Waals surface area (Å²) in [5.41, 5.74) is 1.86. The van der Waals surface area contributed by atoms with Gasteiger partial charge >= 0.3 is 0 Å². The summed E-state index contributed by atoms with van der Waals surface area (Å²) in [6.07, 6.45) is -0.506. The lowest BCUT2D eigenvalue weighted by Gasteiger charge is -2.15. The van der Waals surface area contributed by atoms with Gasteiger partial charge in [0.25, 0.3) is 0 Å². The summed E-state index contributed by atoms with van der Waals surface area (Å²) in [5, 5.41) is 13.4. The molecule has 7 nitrogen and oxygen atoms in total. The van der Waals surface area contributed by atoms with E-state index in [0.717, 1.165) is 22.2 Å². The average Bonchev–Trinajstić information content (AvgIpc) is 3.27. The van der Waals surface area contributed by atoms with Gasteiger partial charge in [-0.3, -0.25) is 0 Å². The van der Waals surface area contributed by atoms with E-state index in [2.05, 4.69) is 15.4 Å². The summed E-state index contributed by atoms with van der Waals surface area (Å²) in [4.78, 5) is 0. The third-order valence-corrected chi connectivity index (χ3v) is 4.74. The highest BCUT2D eigenvalue weighted by Gasteiger charge is 2.20. The first-order valence-corrected chi connectivity index (χ1v) is 9.47. The highest BCUT2D eigenvalue weighted by Crippen LogP contribution is 2.26. The van der Waals surface area contributed by atoms with Crippen LogP contribution in [0.2, 0.25) is 0 Å². The molecule has 0 fully saturated rings. The van der Waals surface area contributed by atoms with Gasteiger partial charge < -0.3 is 18.6 Å². The second-order valence-electron chi connectivity index (χ2n) is 5.48. The molecule has 3 aromatic rings. The molecule has 2 aromatic heterocycles. The molecule has 0 saturated carbocycles. The van der Waals surface area contributed by atoms with Crippen LogP contribution in [0.25, 0.3) is 11.3 Å². The van der Waals surface area contributed by atoms with Crippen molar-refractivity contribution in [1.82, 2.24) is 19.9 Å². The summed E-state index contributed by atoms with van der Waals surface area (Å²) >= 11 is 1.54. The normalized spacial score (nSPS) is 11.4. The van der Waals surface area contributed by atoms with Crippen LogP contribution in [0.3, 0.4) is 0 Å². The van der Waals surface area contributed by atoms with Crippen LogP contribution in [-0.4, -0.2) is 33.1 Å². The average molecular weight is 374 g/mol. The summed E-state index contributed by atoms with van der Waals surface area (Å²) in [6, 6.07) is 11.9. The highest BCUT2D eigenvalue weighted by molar-refractivity contribution is 7.98. The van der Waals surface area contributed by atoms with E-state index in [-0.39, 0.29) is 0 Å². The van der Waals surface area contributed by atoms with Crippen LogP contribution in [0.1, 0.15) is 31.7 Å². The predicted octanol–water partition coefficient (Wildman–Crippen LogP) is 3.83. The van der Waals surface area contributed by atoms with Crippen molar-refractivity contribution in [2.24, 2.45) is 7.05 Å². The maximum absolute atomic E-state index is 5.60. The second-order valence-corrected chi connectivity index (χ2v) is 6.42. The SMILES string of the molecule is CCOC(OCC)c1nnc(SCc2cc(-c3ccccc3)on2)n1C. The minimum absolute atomic E-state index is 0.506. The van der Waals surface area contributed by atoms with Crippen LogP contribution in [0.5, 0.6) is 0 Å². The minimum Gasteiger partial charge on any atom is -0.356 e. The van der Waals surface area contributed by atoms with Crippen LogP contribution in [-0.2, 0) is 22.3 Å². The van der Waals surface area contributed by atoms with E-state index in [9.17, 15) is 0 Å². The Morgan fingerprint density at radius 1 is 1.12 bits per heavy atom. The fourth-order valence-corrected chi connectivity index (χ4v) is 3.21. The van der Waals surface area contributed by atoms with Crippen molar-refractivity contribution < 1.29 is 14.0 Å². The zero-order valence-electron chi connectivity index (χ0n) is 15.1. The number of aromatic nitrogens is 4. The van der Waals surface area contributed by atoms with Crippen molar-refractivity contribution in [3.63, 3.8) is 0 Å². The Balaban J connectivity index is 1.66. The Bertz CT molecular complexity index is 813. The fraction of sp³-hybridized carbons (Fsp3) is 0.389. The molecule has 0 radical (unpaired) electrons. The number of hydrogen-bond donors (Lipinski definition) is 0. The molecule has 3 rings (SSSR count). The molecule has 0 saturated heterocycles. The molecule has 8 heteroatoms. The van der Waals surface area contributed by atoms with E-state index in [0.29, 0.717) is 24.8 Å². The molecule has 26 heavy (non-hydrogen) atoms. The summed E-state index contributed by atoms with van der Waals surface area (Å²) < 4.78 is 18.5. The van der Waals surface area contributed by atoms with E-state index in [4.69, 9.17) is 14.0 Å². The number of thioether (sulfide) groups is 1. The molecular formula is C18H22N4O3S. The molecular weight excluding hydrogens is 352 g/mol. The smallest absolute Gasteiger partial charge is 0.219 e. The Morgan fingerprint density at radius 3 is 2.54 bits per heavy atom. The lowest BCUT2D eigenvalue weighted by Crippen LogP contribution is -2.14. The zero-order chi connectivity index (χ0) is 18.4. The standard InChI is InChI=1S/C18H22N4O3S/c1-4-23-17(24-5-2)16-19-20-18(22(16)3)26-12-14-11-15(25-21-14)13-9-7-6-8-10-13/h6-11,17H,4-5,12H2,1-3H3. The number of rotatable bonds is 9. The Kier molecular flexibility index (Phi) is 6.43. The summed E-state index contributed by atoms with van der Waals surface area (Å²) in [6.45, 7) is 4.93. The van der Waals surface area contributed by atoms with Crippen molar-refractivity contribution in [2.75, 3.05) is 13.2 Å². The Hall–Kier alpha value is -2.16. The minimum atomic E-state index is -0.506. The predicted molar refractivity (Wildman–Crippen MR) is 98.5 cm³/mol. The topological polar surface area (TPSA) is 75.2 Å². The Labute approximate surface area is 156 Å². The molecule has 0 spiro atoms. The van der Waals surface area contributed by atoms with Gasteiger partial charge in [0.15, 0.2) is 16.7 Å². The molecule has 0 aliphatic carbocycles. The molecule has 0 atom stereocenters. The maximum Gasteiger partial charge on any atom is 0.219 e. The number of ether oxygens (including phenoxy) is 2. The van der Waals surface area contributed by atoms with Crippen LogP contribution in [0.15, 0.2) is 46.1 Å². The van der Waals surface area contributed by atoms with Crippen LogP contribution < -0.4 is 0 Å². The molecule has 1 aromatic carbocycles. The van der Waals surface area contributed by atoms with E-state index < -0.39 is 6.29 Å². The largest absolute Gasteiger partial charge is 0.356 e. The lowest BCUT2D eigenvalue weighted by atomic mass is 10.2. The molecule has 0 unspecified atom stereocenters. The van der Waals surface area contributed by atoms with Crippen molar-refractivity contribution in [1.29, 1.82) is 0 Å². The maximum atomic E-state index is 5.60. The van der Waals surface area contributed by atoms with Gasteiger partial charge in [-0.2, -0.15) is 0 Å². The highest BCUT2D eigenvalue weighted by atomic mass is 32.2. The number of hydrogen-bond acceptors (Lipinski definition) is 7. The third-order valence-electron chi connectivity index (χ3n) is 3.68. The van der Waals surface area contributed by atoms with Crippen molar-refractivity contribution in [3.05, 3.63) is 47.9 Å². The fourth-order valence-electron chi connectivity index (χ4n) is 2.41. The van der Waals surface area contributed by atoms with E-state index in [1.54, 1.807) is 0 Å². The van der Waals surface area contributed by atoms with Gasteiger partial charge in [-0.1, -0.05) is 47.3 Å². The van der Waals surface area contributed by atoms with Crippen LogP contribution in [0.4, 0.5) is 0 Å². The quantitative estimate of drug-likeness (QED) is 0.416. The molecule has 0 aliphatic heterocycles. The Morgan fingerprint density at radius 2 is 1.85 bits per heavy atom. The summed E-state index contributed by atoms with van der Waals surface area (Å²) in [5.74, 6) is 2.05. The van der Waals surface area contributed by atoms with E-state index in [1.165, 1.54) is 11.8 Å². The summed E-state index contributed by atoms with van der Waals surface area (Å²) in [7, 11) is 1.90. The van der Waals surface area contributed by atoms with Gasteiger partial charge in [0.2, 0.25) is 6.29 Å². The van der Waals surface area contributed by atoms with E-state index in [1.807, 2.05) is 61.9 Å². The van der Waals surface area contributed by atoms with Crippen molar-refractivity contribution in [3.8, 4) is 11.3 Å². The lowest BCUT2D eigenvalue weighted by molar-refractivity contribution is -0.146. The van der Waals surface area contributed by atoms with Gasteiger partial charge in [-0.05, 0) is 13.8 Å². The second kappa shape index (κ2) is 8.98. The zero-order valence-corrected chi connectivity index (χ0v) is 15.9. The molecule has 0 aliphatic rings. The molecule has 0 bridgehead atoms. The van der Waals surface area contributed by atoms with Gasteiger partial charge in [0.1, 0.15) is 0 Å². The van der Waals surface area contributed by atoms with Gasteiger partial charge in [-0.25, -0.2) is 0 Å². The first kappa shape index (κ1) is 18.6. The molecule has 138 valence electrons. The first-order valence-electron chi connectivity index (χ1n) is 8.49. The number of nitrogens with zero attached hydrogens (tertiary/aromatic N) is 4. The van der Waals surface area contributed by atoms with Gasteiger partial charge in [0.05, 0.1) is 5.69 Å². The van der Waals surface area contributed by atoms with Crippen LogP contribution >= 0.6 is 11.8 Å². The van der Waals surface area contributed by atoms with E-state index >= 15 is 0 Å². The van der Waals surface area contributed by atoms with Crippen molar-refractivity contribution in [2.45, 2.75) is 31.0 Å². The molecule has 0 amide bonds.